The maximum Gasteiger partial charge on any atom is 0.132 e. The first-order chi connectivity index (χ1) is 15.1. The number of rotatable bonds is 7. The quantitative estimate of drug-likeness (QED) is 0.355. The molecule has 0 radical (unpaired) electrons. The van der Waals surface area contributed by atoms with E-state index in [4.69, 9.17) is 16.3 Å². The zero-order valence-electron chi connectivity index (χ0n) is 17.8. The maximum atomic E-state index is 14.9. The molecule has 0 fully saturated rings. The van der Waals surface area contributed by atoms with Crippen molar-refractivity contribution in [3.05, 3.63) is 94.3 Å². The van der Waals surface area contributed by atoms with E-state index in [0.29, 0.717) is 16.3 Å². The summed E-state index contributed by atoms with van der Waals surface area (Å²) in [5.41, 5.74) is 4.87. The molecule has 1 unspecified atom stereocenters. The molecular formula is C27H26ClFOS. The Morgan fingerprint density at radius 2 is 1.77 bits per heavy atom. The highest BCUT2D eigenvalue weighted by atomic mass is 35.5. The molecule has 0 amide bonds. The second kappa shape index (κ2) is 9.93. The molecule has 0 N–H and O–H groups in total. The smallest absolute Gasteiger partial charge is 0.132 e. The van der Waals surface area contributed by atoms with E-state index in [0.717, 1.165) is 47.3 Å². The number of fused-ring (bicyclic) bond motifs is 1. The van der Waals surface area contributed by atoms with E-state index in [1.54, 1.807) is 23.9 Å². The predicted molar refractivity (Wildman–Crippen MR) is 131 cm³/mol. The molecule has 0 saturated carbocycles. The number of hydrogen-bond acceptors (Lipinski definition) is 2. The first-order valence-corrected chi connectivity index (χ1v) is 12.1. The van der Waals surface area contributed by atoms with Gasteiger partial charge in [-0.25, -0.2) is 4.39 Å². The Hall–Kier alpha value is -2.23. The normalized spacial score (nSPS) is 14.3. The fourth-order valence-corrected chi connectivity index (χ4v) is 5.28. The standard InChI is InChI=1S/C27H26ClFOS/c1-3-7-20(4-2)30-21-13-10-18(11-14-21)27-23-8-5-6-9-26(23)31-17-24(27)22-15-12-19(28)16-25(22)29/h5-6,8-16,20H,3-4,7,17H2,1-2H3. The van der Waals surface area contributed by atoms with Crippen molar-refractivity contribution in [1.82, 2.24) is 0 Å². The van der Waals surface area contributed by atoms with Gasteiger partial charge >= 0.3 is 0 Å². The molecule has 4 rings (SSSR count). The third kappa shape index (κ3) is 4.83. The third-order valence-corrected chi connectivity index (χ3v) is 6.93. The van der Waals surface area contributed by atoms with Crippen LogP contribution in [0, 0.1) is 5.82 Å². The number of halogens is 2. The van der Waals surface area contributed by atoms with Gasteiger partial charge in [0, 0.05) is 21.2 Å². The number of thioether (sulfide) groups is 1. The summed E-state index contributed by atoms with van der Waals surface area (Å²) in [5.74, 6) is 1.30. The van der Waals surface area contributed by atoms with Crippen LogP contribution in [-0.4, -0.2) is 11.9 Å². The summed E-state index contributed by atoms with van der Waals surface area (Å²) >= 11 is 7.75. The van der Waals surface area contributed by atoms with E-state index in [1.807, 2.05) is 24.3 Å². The summed E-state index contributed by atoms with van der Waals surface area (Å²) in [6.45, 7) is 4.33. The Morgan fingerprint density at radius 3 is 2.48 bits per heavy atom. The van der Waals surface area contributed by atoms with Crippen molar-refractivity contribution in [2.24, 2.45) is 0 Å². The van der Waals surface area contributed by atoms with Crippen LogP contribution in [0.5, 0.6) is 5.75 Å². The molecule has 0 aromatic heterocycles. The highest BCUT2D eigenvalue weighted by Crippen LogP contribution is 2.45. The average Bonchev–Trinajstić information content (AvgIpc) is 2.79. The van der Waals surface area contributed by atoms with Gasteiger partial charge in [0.05, 0.1) is 6.10 Å². The van der Waals surface area contributed by atoms with Crippen molar-refractivity contribution in [3.63, 3.8) is 0 Å². The minimum Gasteiger partial charge on any atom is -0.490 e. The molecular weight excluding hydrogens is 427 g/mol. The molecule has 1 nitrogen and oxygen atoms in total. The Labute approximate surface area is 193 Å². The molecule has 1 atom stereocenters. The van der Waals surface area contributed by atoms with Crippen LogP contribution in [-0.2, 0) is 0 Å². The lowest BCUT2D eigenvalue weighted by Crippen LogP contribution is -2.14. The first kappa shape index (κ1) is 22.0. The van der Waals surface area contributed by atoms with E-state index in [-0.39, 0.29) is 11.9 Å². The summed E-state index contributed by atoms with van der Waals surface area (Å²) in [7, 11) is 0. The minimum absolute atomic E-state index is 0.237. The zero-order chi connectivity index (χ0) is 21.8. The van der Waals surface area contributed by atoms with Gasteiger partial charge in [0.25, 0.3) is 0 Å². The predicted octanol–water partition coefficient (Wildman–Crippen LogP) is 8.50. The van der Waals surface area contributed by atoms with Crippen LogP contribution in [0.3, 0.4) is 0 Å². The minimum atomic E-state index is -0.287. The third-order valence-electron chi connectivity index (χ3n) is 5.60. The van der Waals surface area contributed by atoms with Crippen molar-refractivity contribution in [2.75, 3.05) is 5.75 Å². The van der Waals surface area contributed by atoms with Gasteiger partial charge in [0.2, 0.25) is 0 Å². The molecule has 1 aliphatic rings. The van der Waals surface area contributed by atoms with E-state index in [2.05, 4.69) is 38.1 Å². The van der Waals surface area contributed by atoms with Crippen molar-refractivity contribution in [2.45, 2.75) is 44.1 Å². The van der Waals surface area contributed by atoms with Crippen LogP contribution >= 0.6 is 23.4 Å². The van der Waals surface area contributed by atoms with Crippen molar-refractivity contribution in [1.29, 1.82) is 0 Å². The highest BCUT2D eigenvalue weighted by molar-refractivity contribution is 7.99. The van der Waals surface area contributed by atoms with E-state index in [9.17, 15) is 4.39 Å². The van der Waals surface area contributed by atoms with E-state index < -0.39 is 0 Å². The van der Waals surface area contributed by atoms with Gasteiger partial charge in [-0.1, -0.05) is 68.3 Å². The molecule has 1 heterocycles. The van der Waals surface area contributed by atoms with Gasteiger partial charge in [-0.05, 0) is 65.4 Å². The fourth-order valence-electron chi connectivity index (χ4n) is 4.02. The highest BCUT2D eigenvalue weighted by Gasteiger charge is 2.23. The van der Waals surface area contributed by atoms with Crippen molar-refractivity contribution >= 4 is 34.5 Å². The number of benzene rings is 3. The summed E-state index contributed by atoms with van der Waals surface area (Å²) in [5, 5.41) is 0.409. The molecule has 0 bridgehead atoms. The molecule has 4 heteroatoms. The van der Waals surface area contributed by atoms with Crippen LogP contribution < -0.4 is 4.74 Å². The topological polar surface area (TPSA) is 9.23 Å². The second-order valence-corrected chi connectivity index (χ2v) is 9.18. The van der Waals surface area contributed by atoms with Gasteiger partial charge in [0.1, 0.15) is 11.6 Å². The number of hydrogen-bond donors (Lipinski definition) is 0. The summed E-state index contributed by atoms with van der Waals surface area (Å²) in [4.78, 5) is 1.21. The van der Waals surface area contributed by atoms with Crippen LogP contribution in [0.1, 0.15) is 49.8 Å². The second-order valence-electron chi connectivity index (χ2n) is 7.72. The monoisotopic (exact) mass is 452 g/mol. The fraction of sp³-hybridized carbons (Fsp3) is 0.259. The van der Waals surface area contributed by atoms with Crippen LogP contribution in [0.4, 0.5) is 4.39 Å². The van der Waals surface area contributed by atoms with Crippen molar-refractivity contribution in [3.8, 4) is 5.75 Å². The lowest BCUT2D eigenvalue weighted by Gasteiger charge is -2.24. The zero-order valence-corrected chi connectivity index (χ0v) is 19.4. The molecule has 31 heavy (non-hydrogen) atoms. The van der Waals surface area contributed by atoms with Gasteiger partial charge in [-0.3, -0.25) is 0 Å². The molecule has 3 aromatic carbocycles. The molecule has 0 spiro atoms. The maximum absolute atomic E-state index is 14.9. The van der Waals surface area contributed by atoms with Crippen LogP contribution in [0.2, 0.25) is 5.02 Å². The Bertz CT molecular complexity index is 1090. The van der Waals surface area contributed by atoms with Crippen LogP contribution in [0.15, 0.2) is 71.6 Å². The summed E-state index contributed by atoms with van der Waals surface area (Å²) < 4.78 is 21.0. The summed E-state index contributed by atoms with van der Waals surface area (Å²) in [6.07, 6.45) is 3.38. The van der Waals surface area contributed by atoms with Gasteiger partial charge in [-0.15, -0.1) is 11.8 Å². The summed E-state index contributed by atoms with van der Waals surface area (Å²) in [6, 6.07) is 21.5. The number of ether oxygens (including phenoxy) is 1. The van der Waals surface area contributed by atoms with Crippen molar-refractivity contribution < 1.29 is 9.13 Å². The molecule has 0 saturated heterocycles. The Balaban J connectivity index is 1.78. The molecule has 3 aromatic rings. The first-order valence-electron chi connectivity index (χ1n) is 10.8. The average molecular weight is 453 g/mol. The SMILES string of the molecule is CCCC(CC)Oc1ccc(C2=C(c3ccc(Cl)cc3F)CSc3ccccc32)cc1. The van der Waals surface area contributed by atoms with Gasteiger partial charge in [-0.2, -0.15) is 0 Å². The van der Waals surface area contributed by atoms with E-state index in [1.165, 1.54) is 11.0 Å². The molecule has 1 aliphatic heterocycles. The lowest BCUT2D eigenvalue weighted by molar-refractivity contribution is 0.186. The van der Waals surface area contributed by atoms with E-state index >= 15 is 0 Å². The van der Waals surface area contributed by atoms with Crippen LogP contribution in [0.25, 0.3) is 11.1 Å². The van der Waals surface area contributed by atoms with Gasteiger partial charge in [0.15, 0.2) is 0 Å². The lowest BCUT2D eigenvalue weighted by atomic mass is 9.89. The Kier molecular flexibility index (Phi) is 7.04. The Morgan fingerprint density at radius 1 is 1.00 bits per heavy atom. The molecule has 160 valence electrons. The molecule has 0 aliphatic carbocycles. The largest absolute Gasteiger partial charge is 0.490 e. The van der Waals surface area contributed by atoms with Gasteiger partial charge < -0.3 is 4.74 Å².